The number of nitrogens with one attached hydrogen (secondary N) is 1. The van der Waals surface area contributed by atoms with Crippen molar-refractivity contribution in [2.75, 3.05) is 5.43 Å². The lowest BCUT2D eigenvalue weighted by Crippen LogP contribution is -2.37. The van der Waals surface area contributed by atoms with E-state index in [1.807, 2.05) is 0 Å². The first-order chi connectivity index (χ1) is 15.3. The van der Waals surface area contributed by atoms with Gasteiger partial charge in [-0.1, -0.05) is 29.8 Å². The van der Waals surface area contributed by atoms with Gasteiger partial charge < -0.3 is 0 Å². The largest absolute Gasteiger partial charge is 0.332 e. The van der Waals surface area contributed by atoms with Crippen LogP contribution in [0.4, 0.5) is 14.7 Å². The summed E-state index contributed by atoms with van der Waals surface area (Å²) in [5.41, 5.74) is 2.66. The zero-order chi connectivity index (χ0) is 23.0. The average Bonchev–Trinajstić information content (AvgIpc) is 3.12. The molecule has 0 unspecified atom stereocenters. The predicted molar refractivity (Wildman–Crippen MR) is 118 cm³/mol. The number of nitrogens with zero attached hydrogens (tertiary/aromatic N) is 5. The van der Waals surface area contributed by atoms with Crippen molar-refractivity contribution < 1.29 is 8.78 Å². The van der Waals surface area contributed by atoms with E-state index in [4.69, 9.17) is 11.6 Å². The third-order valence-electron chi connectivity index (χ3n) is 4.96. The van der Waals surface area contributed by atoms with Gasteiger partial charge in [-0.2, -0.15) is 10.1 Å². The molecular formula is C21H17ClF2N6O2. The van der Waals surface area contributed by atoms with Crippen LogP contribution in [0.25, 0.3) is 11.2 Å². The van der Waals surface area contributed by atoms with Crippen LogP contribution in [-0.4, -0.2) is 24.9 Å². The zero-order valence-electron chi connectivity index (χ0n) is 17.0. The van der Waals surface area contributed by atoms with Crippen molar-refractivity contribution in [3.8, 4) is 0 Å². The molecule has 0 aliphatic heterocycles. The number of imidazole rings is 1. The van der Waals surface area contributed by atoms with Gasteiger partial charge in [-0.15, -0.1) is 0 Å². The second kappa shape index (κ2) is 8.39. The third kappa shape index (κ3) is 3.80. The van der Waals surface area contributed by atoms with Crippen molar-refractivity contribution in [3.05, 3.63) is 91.1 Å². The topological polar surface area (TPSA) is 86.2 Å². The maximum Gasteiger partial charge on any atom is 0.332 e. The minimum Gasteiger partial charge on any atom is -0.298 e. The minimum absolute atomic E-state index is 0.0752. The van der Waals surface area contributed by atoms with Gasteiger partial charge >= 0.3 is 5.69 Å². The average molecular weight is 459 g/mol. The SMILES string of the molecule is Cn1c(=O)c2c(nc(N/N=C/c3c(F)cccc3Cl)n2Cc2ccc(F)cc2)n(C)c1=O. The number of hydrogen-bond acceptors (Lipinski definition) is 5. The van der Waals surface area contributed by atoms with Crippen molar-refractivity contribution >= 4 is 34.9 Å². The number of benzene rings is 2. The molecule has 0 aliphatic rings. The molecule has 8 nitrogen and oxygen atoms in total. The molecule has 0 bridgehead atoms. The number of fused-ring (bicyclic) bond motifs is 1. The first kappa shape index (κ1) is 21.4. The summed E-state index contributed by atoms with van der Waals surface area (Å²) >= 11 is 6.01. The maximum absolute atomic E-state index is 14.0. The van der Waals surface area contributed by atoms with Gasteiger partial charge in [0, 0.05) is 19.7 Å². The van der Waals surface area contributed by atoms with Gasteiger partial charge in [0.2, 0.25) is 5.95 Å². The van der Waals surface area contributed by atoms with Crippen molar-refractivity contribution in [1.29, 1.82) is 0 Å². The minimum atomic E-state index is -0.556. The molecule has 164 valence electrons. The second-order valence-electron chi connectivity index (χ2n) is 7.03. The van der Waals surface area contributed by atoms with Crippen molar-refractivity contribution in [3.63, 3.8) is 0 Å². The summed E-state index contributed by atoms with van der Waals surface area (Å²) in [6.45, 7) is 0.141. The Bertz CT molecular complexity index is 1450. The van der Waals surface area contributed by atoms with Crippen LogP contribution < -0.4 is 16.7 Å². The number of rotatable bonds is 5. The summed E-state index contributed by atoms with van der Waals surface area (Å²) in [6, 6.07) is 9.98. The van der Waals surface area contributed by atoms with Crippen molar-refractivity contribution in [1.82, 2.24) is 18.7 Å². The van der Waals surface area contributed by atoms with E-state index in [-0.39, 0.29) is 34.2 Å². The van der Waals surface area contributed by atoms with Crippen LogP contribution >= 0.6 is 11.6 Å². The molecule has 0 radical (unpaired) electrons. The molecule has 0 atom stereocenters. The fraction of sp³-hybridized carbons (Fsp3) is 0.143. The predicted octanol–water partition coefficient (Wildman–Crippen LogP) is 2.86. The molecule has 2 heterocycles. The Morgan fingerprint density at radius 2 is 1.81 bits per heavy atom. The quantitative estimate of drug-likeness (QED) is 0.368. The van der Waals surface area contributed by atoms with Gasteiger partial charge in [0.15, 0.2) is 11.2 Å². The lowest BCUT2D eigenvalue weighted by Gasteiger charge is -2.09. The van der Waals surface area contributed by atoms with Crippen molar-refractivity contribution in [2.24, 2.45) is 19.2 Å². The van der Waals surface area contributed by atoms with Gasteiger partial charge in [0.1, 0.15) is 11.6 Å². The van der Waals surface area contributed by atoms with Gasteiger partial charge in [0.25, 0.3) is 5.56 Å². The summed E-state index contributed by atoms with van der Waals surface area (Å²) in [5.74, 6) is -0.822. The molecule has 4 aromatic rings. The zero-order valence-corrected chi connectivity index (χ0v) is 17.8. The number of anilines is 1. The fourth-order valence-corrected chi connectivity index (χ4v) is 3.46. The number of aryl methyl sites for hydroxylation is 1. The lowest BCUT2D eigenvalue weighted by molar-refractivity contribution is 0.625. The molecule has 11 heteroatoms. The Balaban J connectivity index is 1.83. The molecule has 0 aliphatic carbocycles. The molecule has 1 N–H and O–H groups in total. The fourth-order valence-electron chi connectivity index (χ4n) is 3.25. The van der Waals surface area contributed by atoms with E-state index in [0.29, 0.717) is 5.56 Å². The molecule has 2 aromatic heterocycles. The second-order valence-corrected chi connectivity index (χ2v) is 7.44. The van der Waals surface area contributed by atoms with Crippen LogP contribution in [0.1, 0.15) is 11.1 Å². The molecule has 0 amide bonds. The Morgan fingerprint density at radius 1 is 1.09 bits per heavy atom. The molecule has 0 saturated carbocycles. The highest BCUT2D eigenvalue weighted by molar-refractivity contribution is 6.33. The third-order valence-corrected chi connectivity index (χ3v) is 5.29. The smallest absolute Gasteiger partial charge is 0.298 e. The summed E-state index contributed by atoms with van der Waals surface area (Å²) in [4.78, 5) is 29.5. The molecule has 32 heavy (non-hydrogen) atoms. The summed E-state index contributed by atoms with van der Waals surface area (Å²) in [6.07, 6.45) is 1.19. The van der Waals surface area contributed by atoms with Gasteiger partial charge in [-0.3, -0.25) is 18.5 Å². The van der Waals surface area contributed by atoms with Crippen molar-refractivity contribution in [2.45, 2.75) is 6.54 Å². The van der Waals surface area contributed by atoms with Gasteiger partial charge in [-0.05, 0) is 29.8 Å². The van der Waals surface area contributed by atoms with Gasteiger partial charge in [0.05, 0.1) is 17.8 Å². The monoisotopic (exact) mass is 458 g/mol. The Labute approximate surface area is 185 Å². The Hall–Kier alpha value is -3.79. The standard InChI is InChI=1S/C21H17ClF2N6O2/c1-28-18-17(19(31)29(2)21(28)32)30(11-12-6-8-13(23)9-7-12)20(26-18)27-25-10-14-15(22)4-3-5-16(14)24/h3-10H,11H2,1-2H3,(H,26,27)/b25-10+. The van der Waals surface area contributed by atoms with Crippen LogP contribution in [-0.2, 0) is 20.6 Å². The molecule has 0 saturated heterocycles. The molecule has 0 fully saturated rings. The number of halogens is 3. The molecular weight excluding hydrogens is 442 g/mol. The Kier molecular flexibility index (Phi) is 5.62. The van der Waals surface area contributed by atoms with Crippen LogP contribution in [0.3, 0.4) is 0 Å². The van der Waals surface area contributed by atoms with Crippen LogP contribution in [0.15, 0.2) is 57.2 Å². The number of aromatic nitrogens is 4. The van der Waals surface area contributed by atoms with Crippen LogP contribution in [0, 0.1) is 11.6 Å². The molecule has 4 rings (SSSR count). The molecule has 2 aromatic carbocycles. The molecule has 0 spiro atoms. The van der Waals surface area contributed by atoms with E-state index in [0.717, 1.165) is 4.57 Å². The Morgan fingerprint density at radius 3 is 2.50 bits per heavy atom. The summed E-state index contributed by atoms with van der Waals surface area (Å²) in [5, 5.41) is 4.18. The van der Waals surface area contributed by atoms with E-state index in [2.05, 4.69) is 15.5 Å². The lowest BCUT2D eigenvalue weighted by atomic mass is 10.2. The van der Waals surface area contributed by atoms with E-state index in [9.17, 15) is 18.4 Å². The van der Waals surface area contributed by atoms with E-state index in [1.54, 1.807) is 12.1 Å². The van der Waals surface area contributed by atoms with E-state index < -0.39 is 22.9 Å². The highest BCUT2D eigenvalue weighted by Gasteiger charge is 2.19. The van der Waals surface area contributed by atoms with Gasteiger partial charge in [-0.25, -0.2) is 19.0 Å². The number of hydrazone groups is 1. The maximum atomic E-state index is 14.0. The summed E-state index contributed by atoms with van der Waals surface area (Å²) in [7, 11) is 2.86. The first-order valence-electron chi connectivity index (χ1n) is 9.41. The number of hydrogen-bond donors (Lipinski definition) is 1. The van der Waals surface area contributed by atoms with E-state index >= 15 is 0 Å². The first-order valence-corrected chi connectivity index (χ1v) is 9.79. The highest BCUT2D eigenvalue weighted by Crippen LogP contribution is 2.19. The normalized spacial score (nSPS) is 11.5. The summed E-state index contributed by atoms with van der Waals surface area (Å²) < 4.78 is 31.0. The van der Waals surface area contributed by atoms with E-state index in [1.165, 1.54) is 59.8 Å². The van der Waals surface area contributed by atoms with Crippen LogP contribution in [0.2, 0.25) is 5.02 Å². The highest BCUT2D eigenvalue weighted by atomic mass is 35.5. The van der Waals surface area contributed by atoms with Crippen LogP contribution in [0.5, 0.6) is 0 Å².